The molecule has 0 aliphatic carbocycles. The third kappa shape index (κ3) is 5.62. The van der Waals surface area contributed by atoms with Gasteiger partial charge < -0.3 is 14.7 Å². The van der Waals surface area contributed by atoms with Gasteiger partial charge in [-0.05, 0) is 50.4 Å². The average Bonchev–Trinajstić information content (AvgIpc) is 3.13. The van der Waals surface area contributed by atoms with Gasteiger partial charge in [-0.2, -0.15) is 4.98 Å². The highest BCUT2D eigenvalue weighted by atomic mass is 16.5. The lowest BCUT2D eigenvalue weighted by Crippen LogP contribution is -2.36. The standard InChI is InChI=1S/C19H27N5O2/c1-15-5-3-11-24(14-15)12-4-10-21-17(25)7-8-18-22-19(23-26-18)16-6-2-9-20-13-16/h2,6,9,13,15H,3-5,7-8,10-12,14H2,1H3,(H,21,25). The second kappa shape index (κ2) is 9.43. The number of hydrogen-bond donors (Lipinski definition) is 1. The zero-order chi connectivity index (χ0) is 18.2. The summed E-state index contributed by atoms with van der Waals surface area (Å²) in [6.45, 7) is 6.46. The molecule has 1 amide bonds. The van der Waals surface area contributed by atoms with Crippen molar-refractivity contribution in [3.63, 3.8) is 0 Å². The van der Waals surface area contributed by atoms with Crippen molar-refractivity contribution in [3.8, 4) is 11.4 Å². The van der Waals surface area contributed by atoms with E-state index in [1.807, 2.05) is 12.1 Å². The Morgan fingerprint density at radius 3 is 3.19 bits per heavy atom. The fourth-order valence-corrected chi connectivity index (χ4v) is 3.30. The smallest absolute Gasteiger partial charge is 0.227 e. The molecular weight excluding hydrogens is 330 g/mol. The van der Waals surface area contributed by atoms with E-state index in [0.29, 0.717) is 31.1 Å². The summed E-state index contributed by atoms with van der Waals surface area (Å²) in [7, 11) is 0. The van der Waals surface area contributed by atoms with Crippen molar-refractivity contribution in [1.82, 2.24) is 25.3 Å². The van der Waals surface area contributed by atoms with Crippen molar-refractivity contribution in [3.05, 3.63) is 30.4 Å². The molecule has 1 fully saturated rings. The molecule has 3 heterocycles. The monoisotopic (exact) mass is 357 g/mol. The molecule has 2 aromatic rings. The van der Waals surface area contributed by atoms with Crippen molar-refractivity contribution in [2.24, 2.45) is 5.92 Å². The number of piperidine rings is 1. The summed E-state index contributed by atoms with van der Waals surface area (Å²) < 4.78 is 5.21. The number of hydrogen-bond acceptors (Lipinski definition) is 6. The summed E-state index contributed by atoms with van der Waals surface area (Å²) in [6.07, 6.45) is 7.80. The van der Waals surface area contributed by atoms with Gasteiger partial charge in [-0.15, -0.1) is 0 Å². The number of aryl methyl sites for hydroxylation is 1. The predicted octanol–water partition coefficient (Wildman–Crippen LogP) is 2.30. The van der Waals surface area contributed by atoms with Gasteiger partial charge in [-0.25, -0.2) is 0 Å². The largest absolute Gasteiger partial charge is 0.356 e. The molecule has 26 heavy (non-hydrogen) atoms. The number of likely N-dealkylation sites (tertiary alicyclic amines) is 1. The molecule has 1 aliphatic heterocycles. The van der Waals surface area contributed by atoms with E-state index >= 15 is 0 Å². The van der Waals surface area contributed by atoms with E-state index in [2.05, 4.69) is 32.3 Å². The maximum Gasteiger partial charge on any atom is 0.227 e. The Labute approximate surface area is 154 Å². The van der Waals surface area contributed by atoms with E-state index in [4.69, 9.17) is 4.52 Å². The van der Waals surface area contributed by atoms with E-state index in [1.54, 1.807) is 12.4 Å². The van der Waals surface area contributed by atoms with Crippen LogP contribution in [0.3, 0.4) is 0 Å². The van der Waals surface area contributed by atoms with E-state index in [1.165, 1.54) is 25.9 Å². The molecule has 0 saturated carbocycles. The highest BCUT2D eigenvalue weighted by Gasteiger charge is 2.15. The Kier molecular flexibility index (Phi) is 6.71. The summed E-state index contributed by atoms with van der Waals surface area (Å²) in [4.78, 5) is 22.8. The van der Waals surface area contributed by atoms with Crippen LogP contribution in [0.4, 0.5) is 0 Å². The number of carbonyl (C=O) groups excluding carboxylic acids is 1. The number of nitrogens with one attached hydrogen (secondary N) is 1. The van der Waals surface area contributed by atoms with Gasteiger partial charge in [0.1, 0.15) is 0 Å². The number of pyridine rings is 1. The van der Waals surface area contributed by atoms with Gasteiger partial charge in [0.25, 0.3) is 0 Å². The molecule has 1 N–H and O–H groups in total. The first-order valence-corrected chi connectivity index (χ1v) is 9.43. The third-order valence-electron chi connectivity index (χ3n) is 4.67. The second-order valence-electron chi connectivity index (χ2n) is 7.00. The molecule has 140 valence electrons. The van der Waals surface area contributed by atoms with E-state index in [9.17, 15) is 4.79 Å². The van der Waals surface area contributed by atoms with Gasteiger partial charge in [0.05, 0.1) is 0 Å². The molecule has 2 aromatic heterocycles. The highest BCUT2D eigenvalue weighted by molar-refractivity contribution is 5.75. The maximum atomic E-state index is 12.0. The van der Waals surface area contributed by atoms with Crippen molar-refractivity contribution in [2.45, 2.75) is 39.0 Å². The van der Waals surface area contributed by atoms with E-state index in [-0.39, 0.29) is 5.91 Å². The van der Waals surface area contributed by atoms with Crippen LogP contribution in [0.2, 0.25) is 0 Å². The van der Waals surface area contributed by atoms with E-state index < -0.39 is 0 Å². The molecule has 1 atom stereocenters. The molecule has 7 nitrogen and oxygen atoms in total. The van der Waals surface area contributed by atoms with Crippen LogP contribution in [0.5, 0.6) is 0 Å². The number of aromatic nitrogens is 3. The molecular formula is C19H27N5O2. The molecule has 1 aliphatic rings. The van der Waals surface area contributed by atoms with Crippen LogP contribution in [0.25, 0.3) is 11.4 Å². The van der Waals surface area contributed by atoms with Crippen LogP contribution in [0, 0.1) is 5.92 Å². The first kappa shape index (κ1) is 18.5. The lowest BCUT2D eigenvalue weighted by Gasteiger charge is -2.30. The number of nitrogens with zero attached hydrogens (tertiary/aromatic N) is 4. The first-order chi connectivity index (χ1) is 12.7. The summed E-state index contributed by atoms with van der Waals surface area (Å²) in [6, 6.07) is 3.70. The van der Waals surface area contributed by atoms with Crippen LogP contribution in [0.1, 0.15) is 38.5 Å². The lowest BCUT2D eigenvalue weighted by molar-refractivity contribution is -0.121. The van der Waals surface area contributed by atoms with Gasteiger partial charge in [0, 0.05) is 43.9 Å². The van der Waals surface area contributed by atoms with Crippen molar-refractivity contribution in [1.29, 1.82) is 0 Å². The summed E-state index contributed by atoms with van der Waals surface area (Å²) >= 11 is 0. The number of carbonyl (C=O) groups is 1. The number of rotatable bonds is 8. The van der Waals surface area contributed by atoms with Crippen LogP contribution in [0.15, 0.2) is 29.0 Å². The summed E-state index contributed by atoms with van der Waals surface area (Å²) in [5, 5.41) is 6.91. The molecule has 0 radical (unpaired) electrons. The van der Waals surface area contributed by atoms with Crippen molar-refractivity contribution >= 4 is 5.91 Å². The Balaban J connectivity index is 1.32. The number of amides is 1. The zero-order valence-corrected chi connectivity index (χ0v) is 15.4. The average molecular weight is 357 g/mol. The van der Waals surface area contributed by atoms with Gasteiger partial charge in [0.2, 0.25) is 17.6 Å². The Bertz CT molecular complexity index is 688. The molecule has 3 rings (SSSR count). The van der Waals surface area contributed by atoms with Crippen molar-refractivity contribution in [2.75, 3.05) is 26.2 Å². The minimum absolute atomic E-state index is 0.0261. The second-order valence-corrected chi connectivity index (χ2v) is 7.00. The summed E-state index contributed by atoms with van der Waals surface area (Å²) in [5.41, 5.74) is 0.805. The SMILES string of the molecule is CC1CCCN(CCCNC(=O)CCc2nc(-c3cccnc3)no2)C1. The van der Waals surface area contributed by atoms with Crippen LogP contribution >= 0.6 is 0 Å². The fourth-order valence-electron chi connectivity index (χ4n) is 3.30. The normalized spacial score (nSPS) is 18.0. The Hall–Kier alpha value is -2.28. The van der Waals surface area contributed by atoms with Gasteiger partial charge in [0.15, 0.2) is 0 Å². The van der Waals surface area contributed by atoms with Crippen LogP contribution in [-0.4, -0.2) is 52.1 Å². The third-order valence-corrected chi connectivity index (χ3v) is 4.67. The zero-order valence-electron chi connectivity index (χ0n) is 15.4. The topological polar surface area (TPSA) is 84.2 Å². The Morgan fingerprint density at radius 2 is 2.38 bits per heavy atom. The fraction of sp³-hybridized carbons (Fsp3) is 0.579. The minimum atomic E-state index is 0.0261. The molecule has 0 spiro atoms. The van der Waals surface area contributed by atoms with Gasteiger partial charge in [-0.1, -0.05) is 12.1 Å². The van der Waals surface area contributed by atoms with E-state index in [0.717, 1.165) is 24.4 Å². The molecule has 0 bridgehead atoms. The van der Waals surface area contributed by atoms with Crippen LogP contribution in [-0.2, 0) is 11.2 Å². The molecule has 1 saturated heterocycles. The quantitative estimate of drug-likeness (QED) is 0.730. The molecule has 7 heteroatoms. The lowest BCUT2D eigenvalue weighted by atomic mass is 10.0. The summed E-state index contributed by atoms with van der Waals surface area (Å²) in [5.74, 6) is 1.80. The van der Waals surface area contributed by atoms with Crippen molar-refractivity contribution < 1.29 is 9.32 Å². The highest BCUT2D eigenvalue weighted by Crippen LogP contribution is 2.15. The Morgan fingerprint density at radius 1 is 1.46 bits per heavy atom. The van der Waals surface area contributed by atoms with Crippen LogP contribution < -0.4 is 5.32 Å². The molecule has 1 unspecified atom stereocenters. The molecule has 0 aromatic carbocycles. The van der Waals surface area contributed by atoms with Gasteiger partial charge >= 0.3 is 0 Å². The van der Waals surface area contributed by atoms with Gasteiger partial charge in [-0.3, -0.25) is 9.78 Å². The first-order valence-electron chi connectivity index (χ1n) is 9.43. The minimum Gasteiger partial charge on any atom is -0.356 e. The maximum absolute atomic E-state index is 12.0. The predicted molar refractivity (Wildman–Crippen MR) is 98.3 cm³/mol.